The van der Waals surface area contributed by atoms with Crippen LogP contribution in [0.4, 0.5) is 0 Å². The molecule has 0 N–H and O–H groups in total. The van der Waals surface area contributed by atoms with Gasteiger partial charge in [-0.1, -0.05) is 13.2 Å². The largest absolute Gasteiger partial charge is 0.321 e. The molecule has 0 fully saturated rings. The lowest BCUT2D eigenvalue weighted by molar-refractivity contribution is 0.691. The Bertz CT molecular complexity index is 480. The minimum atomic E-state index is -0.178. The number of aromatic nitrogens is 2. The third-order valence-corrected chi connectivity index (χ3v) is 2.44. The van der Waals surface area contributed by atoms with Gasteiger partial charge in [0.1, 0.15) is 0 Å². The standard InChI is InChI=1S/C8H10N2OS/c1-5-6(2)9(3)8(12)10(4)7(5)11/h1-2H2,3-4H3. The third kappa shape index (κ3) is 1.04. The molecule has 0 saturated heterocycles. The summed E-state index contributed by atoms with van der Waals surface area (Å²) in [7, 11) is 3.39. The molecule has 1 aromatic heterocycles. The number of rotatable bonds is 0. The fourth-order valence-corrected chi connectivity index (χ4v) is 1.15. The second-order valence-electron chi connectivity index (χ2n) is 2.63. The lowest BCUT2D eigenvalue weighted by Gasteiger charge is -2.03. The van der Waals surface area contributed by atoms with E-state index < -0.39 is 0 Å². The van der Waals surface area contributed by atoms with Crippen LogP contribution >= 0.6 is 12.2 Å². The van der Waals surface area contributed by atoms with Crippen LogP contribution in [-0.4, -0.2) is 9.13 Å². The van der Waals surface area contributed by atoms with Crippen molar-refractivity contribution in [1.82, 2.24) is 9.13 Å². The van der Waals surface area contributed by atoms with Gasteiger partial charge in [-0.3, -0.25) is 9.36 Å². The molecule has 1 rings (SSSR count). The summed E-state index contributed by atoms with van der Waals surface area (Å²) in [6.45, 7) is 7.32. The average molecular weight is 182 g/mol. The Morgan fingerprint density at radius 3 is 2.25 bits per heavy atom. The highest BCUT2D eigenvalue weighted by Gasteiger charge is 1.97. The predicted molar refractivity (Wildman–Crippen MR) is 51.8 cm³/mol. The summed E-state index contributed by atoms with van der Waals surface area (Å²) in [5, 5.41) is 0.969. The highest BCUT2D eigenvalue weighted by Crippen LogP contribution is 1.74. The zero-order chi connectivity index (χ0) is 9.46. The molecule has 0 bridgehead atoms. The van der Waals surface area contributed by atoms with Crippen LogP contribution in [0.2, 0.25) is 0 Å². The smallest absolute Gasteiger partial charge is 0.261 e. The quantitative estimate of drug-likeness (QED) is 0.495. The van der Waals surface area contributed by atoms with Crippen LogP contribution in [0.3, 0.4) is 0 Å². The fraction of sp³-hybridized carbons (Fsp3) is 0.250. The zero-order valence-corrected chi connectivity index (χ0v) is 7.94. The van der Waals surface area contributed by atoms with Crippen LogP contribution in [0.1, 0.15) is 0 Å². The van der Waals surface area contributed by atoms with Crippen molar-refractivity contribution in [3.8, 4) is 0 Å². The van der Waals surface area contributed by atoms with E-state index in [-0.39, 0.29) is 5.56 Å². The van der Waals surface area contributed by atoms with Gasteiger partial charge in [-0.15, -0.1) is 0 Å². The van der Waals surface area contributed by atoms with Gasteiger partial charge in [0.15, 0.2) is 4.77 Å². The molecule has 1 heterocycles. The molecule has 0 radical (unpaired) electrons. The van der Waals surface area contributed by atoms with Gasteiger partial charge >= 0.3 is 0 Å². The van der Waals surface area contributed by atoms with E-state index in [0.29, 0.717) is 15.3 Å². The summed E-state index contributed by atoms with van der Waals surface area (Å²) in [6.07, 6.45) is 0. The second kappa shape index (κ2) is 2.71. The molecule has 4 heteroatoms. The minimum absolute atomic E-state index is 0.178. The minimum Gasteiger partial charge on any atom is -0.321 e. The summed E-state index contributed by atoms with van der Waals surface area (Å²) >= 11 is 4.99. The first-order chi connectivity index (χ1) is 5.46. The molecule has 12 heavy (non-hydrogen) atoms. The van der Waals surface area contributed by atoms with Gasteiger partial charge in [0.25, 0.3) is 5.56 Å². The van der Waals surface area contributed by atoms with E-state index in [4.69, 9.17) is 12.2 Å². The SMILES string of the molecule is C=c1c(=C)n(C)c(=S)n(C)c1=O. The maximum Gasteiger partial charge on any atom is 0.261 e. The van der Waals surface area contributed by atoms with E-state index in [9.17, 15) is 4.79 Å². The van der Waals surface area contributed by atoms with Crippen molar-refractivity contribution >= 4 is 25.4 Å². The molecule has 3 nitrogen and oxygen atoms in total. The van der Waals surface area contributed by atoms with Crippen molar-refractivity contribution in [3.05, 3.63) is 25.7 Å². The fourth-order valence-electron chi connectivity index (χ4n) is 0.956. The van der Waals surface area contributed by atoms with Crippen LogP contribution < -0.4 is 16.1 Å². The third-order valence-electron chi connectivity index (χ3n) is 1.89. The van der Waals surface area contributed by atoms with Gasteiger partial charge in [-0.25, -0.2) is 0 Å². The van der Waals surface area contributed by atoms with Crippen molar-refractivity contribution < 1.29 is 0 Å². The number of nitrogens with zero attached hydrogens (tertiary/aromatic N) is 2. The molecule has 0 spiro atoms. The maximum absolute atomic E-state index is 11.3. The van der Waals surface area contributed by atoms with E-state index >= 15 is 0 Å². The summed E-state index contributed by atoms with van der Waals surface area (Å²) < 4.78 is 3.50. The van der Waals surface area contributed by atoms with Crippen molar-refractivity contribution in [2.75, 3.05) is 0 Å². The molecule has 0 amide bonds. The Morgan fingerprint density at radius 1 is 1.25 bits per heavy atom. The first-order valence-corrected chi connectivity index (χ1v) is 3.81. The van der Waals surface area contributed by atoms with Gasteiger partial charge in [0, 0.05) is 19.4 Å². The van der Waals surface area contributed by atoms with E-state index in [1.165, 1.54) is 4.57 Å². The lowest BCUT2D eigenvalue weighted by atomic mass is 10.4. The summed E-state index contributed by atoms with van der Waals surface area (Å²) in [5.74, 6) is 0. The van der Waals surface area contributed by atoms with E-state index in [1.807, 2.05) is 0 Å². The molecule has 0 aliphatic carbocycles. The first kappa shape index (κ1) is 8.93. The highest BCUT2D eigenvalue weighted by atomic mass is 32.1. The van der Waals surface area contributed by atoms with Crippen molar-refractivity contribution in [3.63, 3.8) is 0 Å². The number of hydrogen-bond donors (Lipinski definition) is 0. The molecule has 0 aliphatic rings. The monoisotopic (exact) mass is 182 g/mol. The Kier molecular flexibility index (Phi) is 2.02. The molecular formula is C8H10N2OS. The summed E-state index contributed by atoms with van der Waals surface area (Å²) in [4.78, 5) is 11.3. The Balaban J connectivity index is 4.15. The van der Waals surface area contributed by atoms with Crippen molar-refractivity contribution in [1.29, 1.82) is 0 Å². The average Bonchev–Trinajstić information content (AvgIpc) is 2.08. The molecule has 1 aromatic rings. The van der Waals surface area contributed by atoms with Gasteiger partial charge in [0.2, 0.25) is 0 Å². The normalized spacial score (nSPS) is 10.2. The second-order valence-corrected chi connectivity index (χ2v) is 3.00. The van der Waals surface area contributed by atoms with Gasteiger partial charge in [-0.05, 0) is 12.2 Å². The van der Waals surface area contributed by atoms with Gasteiger partial charge in [-0.2, -0.15) is 0 Å². The van der Waals surface area contributed by atoms with Gasteiger partial charge in [0.05, 0.1) is 5.22 Å². The van der Waals surface area contributed by atoms with E-state index in [1.54, 1.807) is 18.7 Å². The van der Waals surface area contributed by atoms with Crippen molar-refractivity contribution in [2.24, 2.45) is 14.1 Å². The maximum atomic E-state index is 11.3. The molecule has 0 aliphatic heterocycles. The van der Waals surface area contributed by atoms with Crippen molar-refractivity contribution in [2.45, 2.75) is 0 Å². The zero-order valence-electron chi connectivity index (χ0n) is 7.13. The molecule has 0 atom stereocenters. The predicted octanol–water partition coefficient (Wildman–Crippen LogP) is -0.726. The summed E-state index contributed by atoms with van der Waals surface area (Å²) in [6, 6.07) is 0. The van der Waals surface area contributed by atoms with Crippen LogP contribution in [-0.2, 0) is 14.1 Å². The lowest BCUT2D eigenvalue weighted by Crippen LogP contribution is -2.48. The van der Waals surface area contributed by atoms with Crippen LogP contribution in [0.15, 0.2) is 4.79 Å². The molecule has 64 valence electrons. The van der Waals surface area contributed by atoms with E-state index in [0.717, 1.165) is 0 Å². The molecular weight excluding hydrogens is 172 g/mol. The van der Waals surface area contributed by atoms with Gasteiger partial charge < -0.3 is 4.57 Å². The highest BCUT2D eigenvalue weighted by molar-refractivity contribution is 7.71. The molecule has 0 unspecified atom stereocenters. The number of hydrogen-bond acceptors (Lipinski definition) is 2. The molecule has 0 saturated carbocycles. The van der Waals surface area contributed by atoms with Crippen LogP contribution in [0.5, 0.6) is 0 Å². The first-order valence-electron chi connectivity index (χ1n) is 3.40. The Hall–Kier alpha value is -1.16. The summed E-state index contributed by atoms with van der Waals surface area (Å²) in [5.41, 5.74) is -0.178. The molecule has 0 aromatic carbocycles. The van der Waals surface area contributed by atoms with Crippen LogP contribution in [0.25, 0.3) is 13.2 Å². The van der Waals surface area contributed by atoms with Crippen LogP contribution in [0, 0.1) is 4.77 Å². The topological polar surface area (TPSA) is 26.9 Å². The Morgan fingerprint density at radius 2 is 1.75 bits per heavy atom. The Labute approximate surface area is 74.9 Å². The van der Waals surface area contributed by atoms with E-state index in [2.05, 4.69) is 13.2 Å².